The van der Waals surface area contributed by atoms with Crippen LogP contribution >= 0.6 is 0 Å². The Balaban J connectivity index is 2.52. The van der Waals surface area contributed by atoms with Gasteiger partial charge in [0, 0.05) is 12.0 Å². The molecule has 0 bridgehead atoms. The molecule has 0 atom stereocenters. The molecule has 0 unspecified atom stereocenters. The third-order valence-electron chi connectivity index (χ3n) is 5.13. The number of nitrogens with two attached hydrogens (primary N) is 1. The van der Waals surface area contributed by atoms with Crippen LogP contribution in [0.3, 0.4) is 0 Å². The Bertz CT molecular complexity index is 439. The number of hydrogen-bond acceptors (Lipinski definition) is 1. The highest BCUT2D eigenvalue weighted by Crippen LogP contribution is 2.41. The fourth-order valence-corrected chi connectivity index (χ4v) is 3.58. The SMILES string of the molecule is Cc1cc(C(C)C)cc(C2(CN)CCCCC2)c1C. The summed E-state index contributed by atoms with van der Waals surface area (Å²) in [6.07, 6.45) is 6.59. The zero-order chi connectivity index (χ0) is 14.0. The van der Waals surface area contributed by atoms with E-state index in [4.69, 9.17) is 5.73 Å². The Labute approximate surface area is 118 Å². The monoisotopic (exact) mass is 259 g/mol. The standard InChI is InChI=1S/C18H29N/c1-13(2)16-10-14(3)15(4)17(11-16)18(12-19)8-6-5-7-9-18/h10-11,13H,5-9,12,19H2,1-4H3. The van der Waals surface area contributed by atoms with Crippen LogP contribution < -0.4 is 5.73 Å². The average molecular weight is 259 g/mol. The lowest BCUT2D eigenvalue weighted by molar-refractivity contribution is 0.299. The van der Waals surface area contributed by atoms with Crippen molar-refractivity contribution >= 4 is 0 Å². The normalized spacial score (nSPS) is 18.8. The first-order chi connectivity index (χ1) is 9.00. The van der Waals surface area contributed by atoms with Crippen LogP contribution in [-0.2, 0) is 5.41 Å². The second kappa shape index (κ2) is 5.66. The van der Waals surface area contributed by atoms with E-state index in [0.717, 1.165) is 6.54 Å². The highest BCUT2D eigenvalue weighted by molar-refractivity contribution is 5.43. The van der Waals surface area contributed by atoms with Crippen LogP contribution in [0.1, 0.15) is 74.1 Å². The van der Waals surface area contributed by atoms with Crippen LogP contribution in [0.4, 0.5) is 0 Å². The van der Waals surface area contributed by atoms with Crippen LogP contribution in [0.15, 0.2) is 12.1 Å². The van der Waals surface area contributed by atoms with Crippen molar-refractivity contribution in [3.63, 3.8) is 0 Å². The molecule has 0 saturated heterocycles. The lowest BCUT2D eigenvalue weighted by atomic mass is 9.67. The summed E-state index contributed by atoms with van der Waals surface area (Å²) in [5.41, 5.74) is 12.4. The van der Waals surface area contributed by atoms with E-state index < -0.39 is 0 Å². The Hall–Kier alpha value is -0.820. The average Bonchev–Trinajstić information content (AvgIpc) is 2.42. The number of rotatable bonds is 3. The van der Waals surface area contributed by atoms with Gasteiger partial charge in [0.05, 0.1) is 0 Å². The van der Waals surface area contributed by atoms with E-state index >= 15 is 0 Å². The van der Waals surface area contributed by atoms with Gasteiger partial charge in [-0.3, -0.25) is 0 Å². The highest BCUT2D eigenvalue weighted by atomic mass is 14.6. The molecule has 1 aliphatic rings. The molecule has 1 aromatic carbocycles. The van der Waals surface area contributed by atoms with E-state index in [1.54, 1.807) is 5.56 Å². The molecule has 0 spiro atoms. The molecule has 0 heterocycles. The maximum absolute atomic E-state index is 6.22. The van der Waals surface area contributed by atoms with E-state index in [9.17, 15) is 0 Å². The lowest BCUT2D eigenvalue weighted by Gasteiger charge is -2.39. The second-order valence-corrected chi connectivity index (χ2v) is 6.71. The van der Waals surface area contributed by atoms with Gasteiger partial charge in [0.2, 0.25) is 0 Å². The molecule has 0 aromatic heterocycles. The van der Waals surface area contributed by atoms with Crippen LogP contribution in [-0.4, -0.2) is 6.54 Å². The molecule has 0 amide bonds. The van der Waals surface area contributed by atoms with Crippen molar-refractivity contribution in [1.29, 1.82) is 0 Å². The van der Waals surface area contributed by atoms with E-state index in [-0.39, 0.29) is 5.41 Å². The maximum Gasteiger partial charge on any atom is 0.00783 e. The van der Waals surface area contributed by atoms with Gasteiger partial charge in [-0.25, -0.2) is 0 Å². The van der Waals surface area contributed by atoms with Gasteiger partial charge in [-0.15, -0.1) is 0 Å². The minimum Gasteiger partial charge on any atom is -0.330 e. The Morgan fingerprint density at radius 2 is 1.74 bits per heavy atom. The first-order valence-corrected chi connectivity index (χ1v) is 7.82. The maximum atomic E-state index is 6.22. The highest BCUT2D eigenvalue weighted by Gasteiger charge is 2.34. The van der Waals surface area contributed by atoms with Gasteiger partial charge in [-0.2, -0.15) is 0 Å². The van der Waals surface area contributed by atoms with Crippen LogP contribution in [0.2, 0.25) is 0 Å². The predicted octanol–water partition coefficient (Wildman–Crippen LogP) is 4.59. The van der Waals surface area contributed by atoms with Crippen molar-refractivity contribution in [2.24, 2.45) is 5.73 Å². The molecule has 106 valence electrons. The molecule has 0 radical (unpaired) electrons. The number of aryl methyl sites for hydroxylation is 1. The molecule has 1 saturated carbocycles. The summed E-state index contributed by atoms with van der Waals surface area (Å²) >= 11 is 0. The molecule has 2 rings (SSSR count). The molecule has 19 heavy (non-hydrogen) atoms. The first kappa shape index (κ1) is 14.6. The van der Waals surface area contributed by atoms with Gasteiger partial charge in [-0.1, -0.05) is 45.2 Å². The Morgan fingerprint density at radius 1 is 1.11 bits per heavy atom. The molecule has 1 fully saturated rings. The van der Waals surface area contributed by atoms with Gasteiger partial charge in [0.1, 0.15) is 0 Å². The van der Waals surface area contributed by atoms with E-state index in [1.165, 1.54) is 48.8 Å². The molecular weight excluding hydrogens is 230 g/mol. The summed E-state index contributed by atoms with van der Waals surface area (Å²) in [5, 5.41) is 0. The number of benzene rings is 1. The quantitative estimate of drug-likeness (QED) is 0.844. The van der Waals surface area contributed by atoms with Gasteiger partial charge in [0.25, 0.3) is 0 Å². The largest absolute Gasteiger partial charge is 0.330 e. The van der Waals surface area contributed by atoms with Gasteiger partial charge in [-0.05, 0) is 54.9 Å². The summed E-state index contributed by atoms with van der Waals surface area (Å²) in [6, 6.07) is 4.81. The molecule has 1 aromatic rings. The smallest absolute Gasteiger partial charge is 0.00783 e. The Morgan fingerprint density at radius 3 is 2.26 bits per heavy atom. The van der Waals surface area contributed by atoms with Crippen molar-refractivity contribution in [2.75, 3.05) is 6.54 Å². The topological polar surface area (TPSA) is 26.0 Å². The summed E-state index contributed by atoms with van der Waals surface area (Å²) in [7, 11) is 0. The Kier molecular flexibility index (Phi) is 4.35. The summed E-state index contributed by atoms with van der Waals surface area (Å²) in [5.74, 6) is 0.594. The van der Waals surface area contributed by atoms with Gasteiger partial charge in [0.15, 0.2) is 0 Å². The predicted molar refractivity (Wildman–Crippen MR) is 83.8 cm³/mol. The summed E-state index contributed by atoms with van der Waals surface area (Å²) in [6.45, 7) is 9.89. The van der Waals surface area contributed by atoms with E-state index in [1.807, 2.05) is 0 Å². The van der Waals surface area contributed by atoms with Crippen molar-refractivity contribution in [3.05, 3.63) is 34.4 Å². The third kappa shape index (κ3) is 2.72. The first-order valence-electron chi connectivity index (χ1n) is 7.82. The lowest BCUT2D eigenvalue weighted by Crippen LogP contribution is -2.38. The van der Waals surface area contributed by atoms with Crippen LogP contribution in [0.25, 0.3) is 0 Å². The fourth-order valence-electron chi connectivity index (χ4n) is 3.58. The fraction of sp³-hybridized carbons (Fsp3) is 0.667. The van der Waals surface area contributed by atoms with Crippen LogP contribution in [0.5, 0.6) is 0 Å². The molecular formula is C18H29N. The summed E-state index contributed by atoms with van der Waals surface area (Å²) in [4.78, 5) is 0. The molecule has 1 nitrogen and oxygen atoms in total. The molecule has 1 aliphatic carbocycles. The third-order valence-corrected chi connectivity index (χ3v) is 5.13. The van der Waals surface area contributed by atoms with Gasteiger partial charge < -0.3 is 5.73 Å². The van der Waals surface area contributed by atoms with Crippen molar-refractivity contribution in [3.8, 4) is 0 Å². The second-order valence-electron chi connectivity index (χ2n) is 6.71. The minimum atomic E-state index is 0.248. The zero-order valence-electron chi connectivity index (χ0n) is 13.1. The number of hydrogen-bond donors (Lipinski definition) is 1. The zero-order valence-corrected chi connectivity index (χ0v) is 13.1. The van der Waals surface area contributed by atoms with Gasteiger partial charge >= 0.3 is 0 Å². The van der Waals surface area contributed by atoms with Crippen LogP contribution in [0, 0.1) is 13.8 Å². The van der Waals surface area contributed by atoms with Crippen molar-refractivity contribution in [2.45, 2.75) is 71.1 Å². The van der Waals surface area contributed by atoms with Crippen molar-refractivity contribution in [1.82, 2.24) is 0 Å². The molecule has 1 heteroatoms. The molecule has 0 aliphatic heterocycles. The minimum absolute atomic E-state index is 0.248. The summed E-state index contributed by atoms with van der Waals surface area (Å²) < 4.78 is 0. The van der Waals surface area contributed by atoms with Crippen molar-refractivity contribution < 1.29 is 0 Å². The van der Waals surface area contributed by atoms with E-state index in [0.29, 0.717) is 5.92 Å². The van der Waals surface area contributed by atoms with E-state index in [2.05, 4.69) is 39.8 Å². The molecule has 2 N–H and O–H groups in total.